The van der Waals surface area contributed by atoms with Gasteiger partial charge in [-0.25, -0.2) is 0 Å². The molecule has 0 bridgehead atoms. The van der Waals surface area contributed by atoms with Crippen molar-refractivity contribution in [2.45, 2.75) is 34.1 Å². The monoisotopic (exact) mass is 302 g/mol. The van der Waals surface area contributed by atoms with Gasteiger partial charge in [-0.1, -0.05) is 36.8 Å². The fraction of sp³-hybridized carbons (Fsp3) is 0.333. The molecule has 112 valence electrons. The summed E-state index contributed by atoms with van der Waals surface area (Å²) in [5.41, 5.74) is 6.41. The first-order chi connectivity index (χ1) is 9.83. The fourth-order valence-corrected chi connectivity index (χ4v) is 3.70. The van der Waals surface area contributed by atoms with Gasteiger partial charge in [-0.2, -0.15) is 0 Å². The third kappa shape index (κ3) is 3.64. The van der Waals surface area contributed by atoms with Gasteiger partial charge in [0.15, 0.2) is 0 Å². The lowest BCUT2D eigenvalue weighted by atomic mass is 9.94. The Labute approximate surface area is 127 Å². The molecular weight excluding hydrogens is 279 g/mol. The quantitative estimate of drug-likeness (QED) is 0.863. The first kappa shape index (κ1) is 16.0. The SMILES string of the molecule is CCP(=O)(O)c1ccc(Cc2c(C)cc(C)cc2C)cc1. The molecule has 1 unspecified atom stereocenters. The number of benzene rings is 2. The van der Waals surface area contributed by atoms with Gasteiger partial charge >= 0.3 is 0 Å². The molecule has 0 aromatic heterocycles. The van der Waals surface area contributed by atoms with E-state index >= 15 is 0 Å². The number of rotatable bonds is 4. The molecule has 0 heterocycles. The van der Waals surface area contributed by atoms with Gasteiger partial charge in [0.1, 0.15) is 0 Å². The van der Waals surface area contributed by atoms with Gasteiger partial charge in [-0.05, 0) is 61.6 Å². The highest BCUT2D eigenvalue weighted by Crippen LogP contribution is 2.38. The molecule has 0 aliphatic rings. The predicted octanol–water partition coefficient (Wildman–Crippen LogP) is 4.12. The molecule has 0 spiro atoms. The predicted molar refractivity (Wildman–Crippen MR) is 89.9 cm³/mol. The molecule has 21 heavy (non-hydrogen) atoms. The Morgan fingerprint density at radius 2 is 1.52 bits per heavy atom. The number of aryl methyl sites for hydroxylation is 3. The summed E-state index contributed by atoms with van der Waals surface area (Å²) >= 11 is 0. The molecule has 0 fully saturated rings. The fourth-order valence-electron chi connectivity index (χ4n) is 2.72. The van der Waals surface area contributed by atoms with Crippen LogP contribution in [0.5, 0.6) is 0 Å². The first-order valence-corrected chi connectivity index (χ1v) is 9.16. The summed E-state index contributed by atoms with van der Waals surface area (Å²) in [7, 11) is -3.15. The van der Waals surface area contributed by atoms with Crippen molar-refractivity contribution >= 4 is 12.7 Å². The molecular formula is C18H23O2P. The van der Waals surface area contributed by atoms with Gasteiger partial charge in [0.2, 0.25) is 7.37 Å². The average molecular weight is 302 g/mol. The van der Waals surface area contributed by atoms with Gasteiger partial charge in [0.25, 0.3) is 0 Å². The van der Waals surface area contributed by atoms with E-state index in [0.29, 0.717) is 5.30 Å². The minimum absolute atomic E-state index is 0.280. The van der Waals surface area contributed by atoms with E-state index in [0.717, 1.165) is 6.42 Å². The van der Waals surface area contributed by atoms with Crippen molar-refractivity contribution in [3.05, 3.63) is 64.2 Å². The Kier molecular flexibility index (Phi) is 4.70. The van der Waals surface area contributed by atoms with E-state index in [2.05, 4.69) is 32.9 Å². The summed E-state index contributed by atoms with van der Waals surface area (Å²) in [6.45, 7) is 8.14. The normalized spacial score (nSPS) is 14.0. The minimum Gasteiger partial charge on any atom is -0.341 e. The standard InChI is InChI=1S/C18H23O2P/c1-5-21(19,20)17-8-6-16(7-9-17)12-18-14(3)10-13(2)11-15(18)4/h6-11H,5,12H2,1-4H3,(H,19,20). The van der Waals surface area contributed by atoms with Crippen molar-refractivity contribution < 1.29 is 9.46 Å². The van der Waals surface area contributed by atoms with Crippen LogP contribution < -0.4 is 5.30 Å². The van der Waals surface area contributed by atoms with E-state index in [1.807, 2.05) is 12.1 Å². The van der Waals surface area contributed by atoms with E-state index in [-0.39, 0.29) is 6.16 Å². The Morgan fingerprint density at radius 1 is 1.00 bits per heavy atom. The van der Waals surface area contributed by atoms with Gasteiger partial charge in [0, 0.05) is 11.5 Å². The highest BCUT2D eigenvalue weighted by atomic mass is 31.2. The van der Waals surface area contributed by atoms with Crippen LogP contribution in [-0.2, 0) is 11.0 Å². The molecule has 0 aliphatic carbocycles. The number of hydrogen-bond acceptors (Lipinski definition) is 1. The lowest BCUT2D eigenvalue weighted by Crippen LogP contribution is -2.06. The van der Waals surface area contributed by atoms with Gasteiger partial charge in [-0.3, -0.25) is 4.57 Å². The summed E-state index contributed by atoms with van der Waals surface area (Å²) < 4.78 is 12.0. The van der Waals surface area contributed by atoms with Crippen LogP contribution in [-0.4, -0.2) is 11.1 Å². The molecule has 0 aliphatic heterocycles. The first-order valence-electron chi connectivity index (χ1n) is 7.31. The van der Waals surface area contributed by atoms with Crippen LogP contribution in [0.25, 0.3) is 0 Å². The Bertz CT molecular complexity index is 664. The molecule has 1 atom stereocenters. The maximum Gasteiger partial charge on any atom is 0.229 e. The second-order valence-corrected chi connectivity index (χ2v) is 8.29. The smallest absolute Gasteiger partial charge is 0.229 e. The van der Waals surface area contributed by atoms with Crippen molar-refractivity contribution in [2.24, 2.45) is 0 Å². The summed E-state index contributed by atoms with van der Waals surface area (Å²) in [5.74, 6) is 0. The maximum atomic E-state index is 12.0. The zero-order chi connectivity index (χ0) is 15.6. The molecule has 2 aromatic carbocycles. The van der Waals surface area contributed by atoms with Gasteiger partial charge in [0.05, 0.1) is 0 Å². The maximum absolute atomic E-state index is 12.0. The van der Waals surface area contributed by atoms with Crippen LogP contribution in [0.15, 0.2) is 36.4 Å². The third-order valence-corrected chi connectivity index (χ3v) is 5.95. The summed E-state index contributed by atoms with van der Waals surface area (Å²) in [4.78, 5) is 9.85. The Hall–Kier alpha value is -1.37. The van der Waals surface area contributed by atoms with Crippen LogP contribution >= 0.6 is 7.37 Å². The van der Waals surface area contributed by atoms with E-state index < -0.39 is 7.37 Å². The number of hydrogen-bond donors (Lipinski definition) is 1. The van der Waals surface area contributed by atoms with Crippen molar-refractivity contribution in [1.29, 1.82) is 0 Å². The van der Waals surface area contributed by atoms with Crippen LogP contribution in [0, 0.1) is 20.8 Å². The molecule has 0 radical (unpaired) electrons. The molecule has 0 amide bonds. The summed E-state index contributed by atoms with van der Waals surface area (Å²) in [5, 5.41) is 0.547. The molecule has 1 N–H and O–H groups in total. The molecule has 3 heteroatoms. The third-order valence-electron chi connectivity index (χ3n) is 3.99. The molecule has 2 nitrogen and oxygen atoms in total. The highest BCUT2D eigenvalue weighted by Gasteiger charge is 2.17. The van der Waals surface area contributed by atoms with Gasteiger partial charge < -0.3 is 4.89 Å². The molecule has 2 aromatic rings. The largest absolute Gasteiger partial charge is 0.341 e. The van der Waals surface area contributed by atoms with E-state index in [4.69, 9.17) is 0 Å². The minimum atomic E-state index is -3.15. The summed E-state index contributed by atoms with van der Waals surface area (Å²) in [6, 6.07) is 11.9. The van der Waals surface area contributed by atoms with Crippen LogP contribution in [0.2, 0.25) is 0 Å². The zero-order valence-electron chi connectivity index (χ0n) is 13.2. The second-order valence-electron chi connectivity index (χ2n) is 5.74. The van der Waals surface area contributed by atoms with E-state index in [1.165, 1.54) is 27.8 Å². The van der Waals surface area contributed by atoms with Crippen molar-refractivity contribution in [3.63, 3.8) is 0 Å². The Morgan fingerprint density at radius 3 is 2.00 bits per heavy atom. The average Bonchev–Trinajstić information content (AvgIpc) is 2.43. The molecule has 0 saturated heterocycles. The van der Waals surface area contributed by atoms with E-state index in [1.54, 1.807) is 19.1 Å². The second kappa shape index (κ2) is 6.17. The highest BCUT2D eigenvalue weighted by molar-refractivity contribution is 7.66. The Balaban J connectivity index is 2.28. The molecule has 2 rings (SSSR count). The van der Waals surface area contributed by atoms with Gasteiger partial charge in [-0.15, -0.1) is 0 Å². The zero-order valence-corrected chi connectivity index (χ0v) is 14.1. The van der Waals surface area contributed by atoms with E-state index in [9.17, 15) is 9.46 Å². The lowest BCUT2D eigenvalue weighted by molar-refractivity contribution is 0.491. The molecule has 0 saturated carbocycles. The van der Waals surface area contributed by atoms with Crippen molar-refractivity contribution in [1.82, 2.24) is 0 Å². The topological polar surface area (TPSA) is 37.3 Å². The van der Waals surface area contributed by atoms with Crippen LogP contribution in [0.4, 0.5) is 0 Å². The summed E-state index contributed by atoms with van der Waals surface area (Å²) in [6.07, 6.45) is 1.14. The van der Waals surface area contributed by atoms with Crippen molar-refractivity contribution in [2.75, 3.05) is 6.16 Å². The van der Waals surface area contributed by atoms with Crippen LogP contribution in [0.3, 0.4) is 0 Å². The van der Waals surface area contributed by atoms with Crippen molar-refractivity contribution in [3.8, 4) is 0 Å². The lowest BCUT2D eigenvalue weighted by Gasteiger charge is -2.13. The van der Waals surface area contributed by atoms with Crippen LogP contribution in [0.1, 0.15) is 34.7 Å².